The topological polar surface area (TPSA) is 49.8 Å². The molecule has 0 amide bonds. The van der Waals surface area contributed by atoms with Crippen LogP contribution in [0, 0.1) is 13.8 Å². The minimum Gasteiger partial charge on any atom is -0.340 e. The molecule has 152 valence electrons. The molecule has 4 nitrogen and oxygen atoms in total. The van der Waals surface area contributed by atoms with E-state index in [2.05, 4.69) is 115 Å². The largest absolute Gasteiger partial charge is 0.340 e. The first-order chi connectivity index (χ1) is 14.5. The van der Waals surface area contributed by atoms with E-state index in [1.165, 1.54) is 22.3 Å². The van der Waals surface area contributed by atoms with Crippen LogP contribution in [0.4, 0.5) is 11.5 Å². The minimum atomic E-state index is 0.158. The van der Waals surface area contributed by atoms with Crippen molar-refractivity contribution in [1.29, 1.82) is 0 Å². The van der Waals surface area contributed by atoms with Crippen LogP contribution in [-0.4, -0.2) is 16.0 Å². The summed E-state index contributed by atoms with van der Waals surface area (Å²) in [5, 5.41) is 8.18. The Morgan fingerprint density at radius 1 is 0.767 bits per heavy atom. The van der Waals surface area contributed by atoms with E-state index in [9.17, 15) is 0 Å². The van der Waals surface area contributed by atoms with Gasteiger partial charge < -0.3 is 10.6 Å². The van der Waals surface area contributed by atoms with Crippen LogP contribution < -0.4 is 10.6 Å². The number of aryl methyl sites for hydroxylation is 2. The maximum absolute atomic E-state index is 4.48. The number of hydrogen-bond donors (Lipinski definition) is 2. The molecule has 4 rings (SSSR count). The fraction of sp³-hybridized carbons (Fsp3) is 0.231. The van der Waals surface area contributed by atoms with E-state index in [-0.39, 0.29) is 6.04 Å². The highest BCUT2D eigenvalue weighted by Gasteiger charge is 2.15. The van der Waals surface area contributed by atoms with Crippen molar-refractivity contribution in [2.24, 2.45) is 0 Å². The molecule has 0 saturated heterocycles. The Morgan fingerprint density at radius 3 is 2.13 bits per heavy atom. The summed E-state index contributed by atoms with van der Waals surface area (Å²) in [5.41, 5.74) is 6.94. The highest BCUT2D eigenvalue weighted by molar-refractivity contribution is 5.91. The second-order valence-electron chi connectivity index (χ2n) is 8.09. The highest BCUT2D eigenvalue weighted by Crippen LogP contribution is 2.28. The third-order valence-electron chi connectivity index (χ3n) is 5.39. The average molecular weight is 397 g/mol. The second-order valence-corrected chi connectivity index (χ2v) is 8.09. The minimum absolute atomic E-state index is 0.158. The number of aromatic nitrogens is 2. The molecule has 0 bridgehead atoms. The molecule has 0 unspecified atom stereocenters. The van der Waals surface area contributed by atoms with Crippen LogP contribution in [0.15, 0.2) is 73.1 Å². The number of benzene rings is 3. The van der Waals surface area contributed by atoms with Gasteiger partial charge >= 0.3 is 0 Å². The van der Waals surface area contributed by atoms with Gasteiger partial charge in [-0.25, -0.2) is 9.97 Å². The fourth-order valence-electron chi connectivity index (χ4n) is 3.67. The zero-order valence-corrected chi connectivity index (χ0v) is 18.0. The number of nitrogens with zero attached hydrogens (tertiary/aromatic N) is 2. The van der Waals surface area contributed by atoms with Crippen LogP contribution in [0.2, 0.25) is 0 Å². The van der Waals surface area contributed by atoms with Crippen LogP contribution in [0.5, 0.6) is 0 Å². The van der Waals surface area contributed by atoms with Gasteiger partial charge in [0.15, 0.2) is 0 Å². The molecule has 0 aliphatic carbocycles. The standard InChI is InChI=1S/C26H28N4/c1-17(2)29-25(20-8-6-5-7-9-20)21-10-12-22(13-11-21)30-26-23-14-18(3)19(4)15-24(23)27-16-28-26/h5-17,25,29H,1-4H3,(H,27,28,30)/t25-/m0/s1. The molecule has 4 aromatic rings. The van der Waals surface area contributed by atoms with Crippen LogP contribution >= 0.6 is 0 Å². The molecule has 3 aromatic carbocycles. The molecule has 0 aliphatic rings. The molecule has 0 radical (unpaired) electrons. The van der Waals surface area contributed by atoms with Crippen molar-refractivity contribution < 1.29 is 0 Å². The highest BCUT2D eigenvalue weighted by atomic mass is 15.0. The van der Waals surface area contributed by atoms with Gasteiger partial charge in [0.25, 0.3) is 0 Å². The summed E-state index contributed by atoms with van der Waals surface area (Å²) in [6.45, 7) is 8.58. The number of hydrogen-bond acceptors (Lipinski definition) is 4. The summed E-state index contributed by atoms with van der Waals surface area (Å²) in [6.07, 6.45) is 1.62. The van der Waals surface area contributed by atoms with Crippen molar-refractivity contribution in [1.82, 2.24) is 15.3 Å². The van der Waals surface area contributed by atoms with Crippen molar-refractivity contribution in [3.63, 3.8) is 0 Å². The Hall–Kier alpha value is -3.24. The first-order valence-electron chi connectivity index (χ1n) is 10.4. The van der Waals surface area contributed by atoms with Crippen molar-refractivity contribution in [3.8, 4) is 0 Å². The molecule has 0 aliphatic heterocycles. The first kappa shape index (κ1) is 20.0. The van der Waals surface area contributed by atoms with Gasteiger partial charge in [0.1, 0.15) is 12.1 Å². The SMILES string of the molecule is Cc1cc2ncnc(Nc3ccc([C@@H](NC(C)C)c4ccccc4)cc3)c2cc1C. The Morgan fingerprint density at radius 2 is 1.43 bits per heavy atom. The summed E-state index contributed by atoms with van der Waals surface area (Å²) >= 11 is 0. The molecule has 0 fully saturated rings. The van der Waals surface area contributed by atoms with E-state index in [4.69, 9.17) is 0 Å². The third kappa shape index (κ3) is 4.34. The van der Waals surface area contributed by atoms with E-state index < -0.39 is 0 Å². The zero-order chi connectivity index (χ0) is 21.1. The van der Waals surface area contributed by atoms with E-state index >= 15 is 0 Å². The summed E-state index contributed by atoms with van der Waals surface area (Å²) in [4.78, 5) is 8.91. The monoisotopic (exact) mass is 396 g/mol. The number of anilines is 2. The molecular weight excluding hydrogens is 368 g/mol. The van der Waals surface area contributed by atoms with Crippen molar-refractivity contribution in [2.75, 3.05) is 5.32 Å². The molecule has 1 atom stereocenters. The van der Waals surface area contributed by atoms with Crippen molar-refractivity contribution in [2.45, 2.75) is 39.8 Å². The van der Waals surface area contributed by atoms with Crippen LogP contribution in [-0.2, 0) is 0 Å². The summed E-state index contributed by atoms with van der Waals surface area (Å²) in [6, 6.07) is 24.0. The molecule has 0 saturated carbocycles. The lowest BCUT2D eigenvalue weighted by atomic mass is 9.97. The normalized spacial score (nSPS) is 12.3. The molecule has 4 heteroatoms. The van der Waals surface area contributed by atoms with E-state index in [1.54, 1.807) is 6.33 Å². The summed E-state index contributed by atoms with van der Waals surface area (Å²) in [5.74, 6) is 0.829. The van der Waals surface area contributed by atoms with Crippen molar-refractivity contribution in [3.05, 3.63) is 95.3 Å². The van der Waals surface area contributed by atoms with Gasteiger partial charge in [-0.1, -0.05) is 42.5 Å². The number of nitrogens with one attached hydrogen (secondary N) is 2. The van der Waals surface area contributed by atoms with E-state index in [0.29, 0.717) is 6.04 Å². The molecule has 1 aromatic heterocycles. The van der Waals surface area contributed by atoms with Crippen LogP contribution in [0.3, 0.4) is 0 Å². The fourth-order valence-corrected chi connectivity index (χ4v) is 3.67. The summed E-state index contributed by atoms with van der Waals surface area (Å²) in [7, 11) is 0. The van der Waals surface area contributed by atoms with Gasteiger partial charge in [-0.3, -0.25) is 0 Å². The lowest BCUT2D eigenvalue weighted by molar-refractivity contribution is 0.529. The molecule has 30 heavy (non-hydrogen) atoms. The average Bonchev–Trinajstić information content (AvgIpc) is 2.75. The van der Waals surface area contributed by atoms with Crippen molar-refractivity contribution >= 4 is 22.4 Å². The maximum Gasteiger partial charge on any atom is 0.141 e. The number of rotatable bonds is 6. The third-order valence-corrected chi connectivity index (χ3v) is 5.39. The Kier molecular flexibility index (Phi) is 5.77. The lowest BCUT2D eigenvalue weighted by Gasteiger charge is -2.22. The van der Waals surface area contributed by atoms with Gasteiger partial charge in [0.2, 0.25) is 0 Å². The first-order valence-corrected chi connectivity index (χ1v) is 10.4. The Bertz CT molecular complexity index is 1140. The van der Waals surface area contributed by atoms with Gasteiger partial charge in [-0.2, -0.15) is 0 Å². The van der Waals surface area contributed by atoms with Gasteiger partial charge in [-0.05, 0) is 74.2 Å². The summed E-state index contributed by atoms with van der Waals surface area (Å²) < 4.78 is 0. The van der Waals surface area contributed by atoms with Crippen LogP contribution in [0.25, 0.3) is 10.9 Å². The molecule has 1 heterocycles. The smallest absolute Gasteiger partial charge is 0.141 e. The zero-order valence-electron chi connectivity index (χ0n) is 18.0. The lowest BCUT2D eigenvalue weighted by Crippen LogP contribution is -2.28. The number of fused-ring (bicyclic) bond motifs is 1. The van der Waals surface area contributed by atoms with Gasteiger partial charge in [0, 0.05) is 17.1 Å². The Labute approximate surface area is 178 Å². The van der Waals surface area contributed by atoms with Crippen LogP contribution in [0.1, 0.15) is 42.1 Å². The second kappa shape index (κ2) is 8.64. The van der Waals surface area contributed by atoms with E-state index in [1.807, 2.05) is 0 Å². The van der Waals surface area contributed by atoms with Gasteiger partial charge in [-0.15, -0.1) is 0 Å². The maximum atomic E-state index is 4.48. The molecular formula is C26H28N4. The van der Waals surface area contributed by atoms with Gasteiger partial charge in [0.05, 0.1) is 11.6 Å². The Balaban J connectivity index is 1.62. The predicted molar refractivity (Wildman–Crippen MR) is 125 cm³/mol. The quantitative estimate of drug-likeness (QED) is 0.415. The molecule has 0 spiro atoms. The van der Waals surface area contributed by atoms with E-state index in [0.717, 1.165) is 22.4 Å². The molecule has 2 N–H and O–H groups in total. The predicted octanol–water partition coefficient (Wildman–Crippen LogP) is 6.08.